The van der Waals surface area contributed by atoms with Crippen LogP contribution in [0.2, 0.25) is 18.1 Å². The quantitative estimate of drug-likeness (QED) is 0.645. The zero-order chi connectivity index (χ0) is 14.7. The minimum Gasteiger partial charge on any atom is -0.207 e. The molecule has 1 saturated heterocycles. The van der Waals surface area contributed by atoms with Gasteiger partial charge in [-0.05, 0) is 47.6 Å². The fraction of sp³-hybridized carbons (Fsp3) is 0.368. The van der Waals surface area contributed by atoms with Crippen LogP contribution in [0.4, 0.5) is 4.39 Å². The number of hydrogen-bond donors (Lipinski definition) is 0. The van der Waals surface area contributed by atoms with Crippen LogP contribution in [0.5, 0.6) is 0 Å². The van der Waals surface area contributed by atoms with Crippen LogP contribution in [0.15, 0.2) is 48.5 Å². The topological polar surface area (TPSA) is 0 Å². The minimum atomic E-state index is -0.463. The molecule has 0 nitrogen and oxygen atoms in total. The van der Waals surface area contributed by atoms with Crippen molar-refractivity contribution >= 4 is 8.80 Å². The minimum absolute atomic E-state index is 0.0976. The molecular formula is C19H23FSi. The van der Waals surface area contributed by atoms with Crippen molar-refractivity contribution in [3.05, 3.63) is 59.9 Å². The van der Waals surface area contributed by atoms with Gasteiger partial charge >= 0.3 is 0 Å². The lowest BCUT2D eigenvalue weighted by atomic mass is 9.87. The van der Waals surface area contributed by atoms with Crippen molar-refractivity contribution in [1.29, 1.82) is 0 Å². The second-order valence-electron chi connectivity index (χ2n) is 6.22. The van der Waals surface area contributed by atoms with Crippen molar-refractivity contribution in [2.75, 3.05) is 0 Å². The first-order chi connectivity index (χ1) is 10.3. The Morgan fingerprint density at radius 1 is 1.05 bits per heavy atom. The molecule has 110 valence electrons. The second kappa shape index (κ2) is 6.57. The molecule has 1 aliphatic heterocycles. The number of halogens is 1. The summed E-state index contributed by atoms with van der Waals surface area (Å²) >= 11 is 0. The summed E-state index contributed by atoms with van der Waals surface area (Å²) in [5, 5.41) is 0. The molecule has 0 N–H and O–H groups in total. The first-order valence-corrected chi connectivity index (χ1v) is 10.6. The highest BCUT2D eigenvalue weighted by Gasteiger charge is 2.24. The zero-order valence-electron chi connectivity index (χ0n) is 12.7. The molecule has 21 heavy (non-hydrogen) atoms. The summed E-state index contributed by atoms with van der Waals surface area (Å²) in [6, 6.07) is 20.0. The summed E-state index contributed by atoms with van der Waals surface area (Å²) in [6.07, 6.45) is 2.52. The number of rotatable bonds is 3. The first kappa shape index (κ1) is 14.5. The van der Waals surface area contributed by atoms with E-state index in [4.69, 9.17) is 0 Å². The van der Waals surface area contributed by atoms with Crippen LogP contribution in [0.1, 0.15) is 31.2 Å². The van der Waals surface area contributed by atoms with Crippen LogP contribution in [-0.2, 0) is 0 Å². The highest BCUT2D eigenvalue weighted by Crippen LogP contribution is 2.39. The average molecular weight is 298 g/mol. The maximum Gasteiger partial charge on any atom is 0.123 e. The van der Waals surface area contributed by atoms with Gasteiger partial charge in [0.05, 0.1) is 0 Å². The van der Waals surface area contributed by atoms with Crippen LogP contribution >= 0.6 is 0 Å². The molecule has 1 fully saturated rings. The summed E-state index contributed by atoms with van der Waals surface area (Å²) in [7, 11) is -0.463. The van der Waals surface area contributed by atoms with E-state index in [0.717, 1.165) is 0 Å². The van der Waals surface area contributed by atoms with Crippen molar-refractivity contribution in [1.82, 2.24) is 0 Å². The molecule has 0 saturated carbocycles. The number of benzene rings is 2. The van der Waals surface area contributed by atoms with Gasteiger partial charge in [-0.25, -0.2) is 4.39 Å². The smallest absolute Gasteiger partial charge is 0.123 e. The van der Waals surface area contributed by atoms with Crippen molar-refractivity contribution in [3.63, 3.8) is 0 Å². The van der Waals surface area contributed by atoms with E-state index in [9.17, 15) is 4.39 Å². The van der Waals surface area contributed by atoms with E-state index in [2.05, 4.69) is 31.2 Å². The van der Waals surface area contributed by atoms with Crippen LogP contribution in [0.3, 0.4) is 0 Å². The zero-order valence-corrected chi connectivity index (χ0v) is 13.8. The molecule has 3 rings (SSSR count). The SMILES string of the molecule is CC[SiH]1CCC(c2cc(F)ccc2-c2ccccc2)CC1. The molecule has 2 heteroatoms. The Hall–Kier alpha value is -1.41. The van der Waals surface area contributed by atoms with Crippen molar-refractivity contribution in [2.45, 2.75) is 43.8 Å². The van der Waals surface area contributed by atoms with Crippen LogP contribution < -0.4 is 0 Å². The molecule has 0 unspecified atom stereocenters. The molecule has 2 aromatic rings. The Morgan fingerprint density at radius 3 is 2.43 bits per heavy atom. The second-order valence-corrected chi connectivity index (χ2v) is 9.93. The normalized spacial score (nSPS) is 22.2. The van der Waals surface area contributed by atoms with Crippen LogP contribution in [0.25, 0.3) is 11.1 Å². The Balaban J connectivity index is 1.93. The van der Waals surface area contributed by atoms with Crippen molar-refractivity contribution in [3.8, 4) is 11.1 Å². The number of hydrogen-bond acceptors (Lipinski definition) is 0. The fourth-order valence-electron chi connectivity index (χ4n) is 3.63. The van der Waals surface area contributed by atoms with Gasteiger partial charge in [0.15, 0.2) is 0 Å². The lowest BCUT2D eigenvalue weighted by molar-refractivity contribution is 0.590. The van der Waals surface area contributed by atoms with E-state index in [-0.39, 0.29) is 5.82 Å². The van der Waals surface area contributed by atoms with Gasteiger partial charge in [-0.1, -0.05) is 61.5 Å². The predicted molar refractivity (Wildman–Crippen MR) is 91.1 cm³/mol. The van der Waals surface area contributed by atoms with Crippen LogP contribution in [-0.4, -0.2) is 8.80 Å². The summed E-state index contributed by atoms with van der Waals surface area (Å²) in [6.45, 7) is 2.34. The molecule has 2 aromatic carbocycles. The third kappa shape index (κ3) is 3.26. The molecule has 0 amide bonds. The van der Waals surface area contributed by atoms with Crippen molar-refractivity contribution in [2.24, 2.45) is 0 Å². The molecule has 0 spiro atoms. The lowest BCUT2D eigenvalue weighted by Crippen LogP contribution is -2.19. The van der Waals surface area contributed by atoms with E-state index in [1.165, 1.54) is 47.7 Å². The van der Waals surface area contributed by atoms with Gasteiger partial charge in [0, 0.05) is 8.80 Å². The van der Waals surface area contributed by atoms with E-state index in [0.29, 0.717) is 5.92 Å². The lowest BCUT2D eigenvalue weighted by Gasteiger charge is -2.28. The Morgan fingerprint density at radius 2 is 1.76 bits per heavy atom. The van der Waals surface area contributed by atoms with Crippen LogP contribution in [0, 0.1) is 5.82 Å². The third-order valence-electron chi connectivity index (χ3n) is 4.96. The molecule has 0 aromatic heterocycles. The largest absolute Gasteiger partial charge is 0.207 e. The van der Waals surface area contributed by atoms with E-state index >= 15 is 0 Å². The summed E-state index contributed by atoms with van der Waals surface area (Å²) in [4.78, 5) is 0. The predicted octanol–water partition coefficient (Wildman–Crippen LogP) is 5.62. The van der Waals surface area contributed by atoms with Gasteiger partial charge in [-0.2, -0.15) is 0 Å². The standard InChI is InChI=1S/C19H23FSi/c1-2-21-12-10-16(11-13-21)19-14-17(20)8-9-18(19)15-6-4-3-5-7-15/h3-9,14,16,21H,2,10-13H2,1H3. The Kier molecular flexibility index (Phi) is 4.54. The van der Waals surface area contributed by atoms with E-state index in [1.54, 1.807) is 12.1 Å². The van der Waals surface area contributed by atoms with Gasteiger partial charge in [-0.15, -0.1) is 0 Å². The molecular weight excluding hydrogens is 275 g/mol. The first-order valence-electron chi connectivity index (χ1n) is 8.12. The molecule has 0 radical (unpaired) electrons. The third-order valence-corrected chi connectivity index (χ3v) is 8.42. The summed E-state index contributed by atoms with van der Waals surface area (Å²) in [5.74, 6) is 0.450. The van der Waals surface area contributed by atoms with Gasteiger partial charge in [0.2, 0.25) is 0 Å². The summed E-state index contributed by atoms with van der Waals surface area (Å²) in [5.41, 5.74) is 3.66. The Labute approximate surface area is 128 Å². The van der Waals surface area contributed by atoms with Gasteiger partial charge in [0.1, 0.15) is 5.82 Å². The monoisotopic (exact) mass is 298 g/mol. The molecule has 0 atom stereocenters. The molecule has 1 heterocycles. The maximum atomic E-state index is 13.8. The van der Waals surface area contributed by atoms with Gasteiger partial charge < -0.3 is 0 Å². The summed E-state index contributed by atoms with van der Waals surface area (Å²) < 4.78 is 13.8. The van der Waals surface area contributed by atoms with Gasteiger partial charge in [0.25, 0.3) is 0 Å². The van der Waals surface area contributed by atoms with E-state index < -0.39 is 8.80 Å². The molecule has 1 aliphatic rings. The highest BCUT2D eigenvalue weighted by molar-refractivity contribution is 6.58. The fourth-order valence-corrected chi connectivity index (χ4v) is 6.49. The Bertz CT molecular complexity index is 586. The highest BCUT2D eigenvalue weighted by atomic mass is 28.3. The molecule has 0 bridgehead atoms. The van der Waals surface area contributed by atoms with Gasteiger partial charge in [-0.3, -0.25) is 0 Å². The maximum absolute atomic E-state index is 13.8. The van der Waals surface area contributed by atoms with E-state index in [1.807, 2.05) is 12.1 Å². The van der Waals surface area contributed by atoms with Crippen molar-refractivity contribution < 1.29 is 4.39 Å². The molecule has 0 aliphatic carbocycles. The average Bonchev–Trinajstić information content (AvgIpc) is 2.56.